The van der Waals surface area contributed by atoms with Gasteiger partial charge in [-0.25, -0.2) is 0 Å². The van der Waals surface area contributed by atoms with E-state index in [4.69, 9.17) is 9.47 Å². The fraction of sp³-hybridized carbons (Fsp3) is 0.235. The first-order valence-corrected chi connectivity index (χ1v) is 7.76. The first kappa shape index (κ1) is 16.2. The predicted molar refractivity (Wildman–Crippen MR) is 89.9 cm³/mol. The van der Waals surface area contributed by atoms with Gasteiger partial charge in [-0.2, -0.15) is 0 Å². The zero-order valence-corrected chi connectivity index (χ0v) is 13.6. The minimum Gasteiger partial charge on any atom is -0.493 e. The summed E-state index contributed by atoms with van der Waals surface area (Å²) in [6.45, 7) is 1.87. The lowest BCUT2D eigenvalue weighted by Crippen LogP contribution is -2.22. The van der Waals surface area contributed by atoms with E-state index in [-0.39, 0.29) is 11.2 Å². The molecule has 1 N–H and O–H groups in total. The first-order valence-electron chi connectivity index (χ1n) is 6.88. The summed E-state index contributed by atoms with van der Waals surface area (Å²) in [4.78, 5) is 13.2. The number of methoxy groups -OCH3 is 2. The standard InChI is InChI=1S/C17H19NO3S/c1-12(17(19)18-13-7-5-4-6-8-13)22-14-9-10-15(20-2)16(11-14)21-3/h4-12H,1-3H3,(H,18,19)/t12-/m1/s1. The summed E-state index contributed by atoms with van der Waals surface area (Å²) in [6, 6.07) is 15.1. The van der Waals surface area contributed by atoms with Crippen molar-refractivity contribution in [2.45, 2.75) is 17.1 Å². The third kappa shape index (κ3) is 4.18. The number of carbonyl (C=O) groups is 1. The Bertz CT molecular complexity index is 631. The van der Waals surface area contributed by atoms with E-state index in [0.29, 0.717) is 11.5 Å². The van der Waals surface area contributed by atoms with Crippen LogP contribution in [0.4, 0.5) is 5.69 Å². The van der Waals surface area contributed by atoms with Crippen molar-refractivity contribution in [3.05, 3.63) is 48.5 Å². The van der Waals surface area contributed by atoms with Crippen molar-refractivity contribution in [3.8, 4) is 11.5 Å². The monoisotopic (exact) mass is 317 g/mol. The molecule has 2 aromatic rings. The zero-order valence-electron chi connectivity index (χ0n) is 12.8. The Hall–Kier alpha value is -2.14. The molecule has 0 bridgehead atoms. The molecule has 0 unspecified atom stereocenters. The fourth-order valence-corrected chi connectivity index (χ4v) is 2.81. The maximum absolute atomic E-state index is 12.2. The van der Waals surface area contributed by atoms with Gasteiger partial charge in [0.15, 0.2) is 11.5 Å². The van der Waals surface area contributed by atoms with Gasteiger partial charge in [0.1, 0.15) is 0 Å². The summed E-state index contributed by atoms with van der Waals surface area (Å²) in [6.07, 6.45) is 0. The second-order valence-corrected chi connectivity index (χ2v) is 6.05. The molecule has 5 heteroatoms. The third-order valence-corrected chi connectivity index (χ3v) is 4.17. The molecule has 2 aromatic carbocycles. The Morgan fingerprint density at radius 3 is 2.36 bits per heavy atom. The molecular formula is C17H19NO3S. The van der Waals surface area contributed by atoms with Crippen LogP contribution in [0.3, 0.4) is 0 Å². The molecule has 116 valence electrons. The normalized spacial score (nSPS) is 11.6. The smallest absolute Gasteiger partial charge is 0.237 e. The molecule has 1 atom stereocenters. The van der Waals surface area contributed by atoms with Crippen LogP contribution >= 0.6 is 11.8 Å². The lowest BCUT2D eigenvalue weighted by molar-refractivity contribution is -0.115. The van der Waals surface area contributed by atoms with Crippen molar-refractivity contribution < 1.29 is 14.3 Å². The number of rotatable bonds is 6. The molecule has 0 heterocycles. The van der Waals surface area contributed by atoms with Gasteiger partial charge in [-0.1, -0.05) is 18.2 Å². The second-order valence-electron chi connectivity index (χ2n) is 4.63. The van der Waals surface area contributed by atoms with E-state index < -0.39 is 0 Å². The van der Waals surface area contributed by atoms with Gasteiger partial charge < -0.3 is 14.8 Å². The number of ether oxygens (including phenoxy) is 2. The molecule has 0 aromatic heterocycles. The number of hydrogen-bond acceptors (Lipinski definition) is 4. The van der Waals surface area contributed by atoms with Gasteiger partial charge in [0, 0.05) is 10.6 Å². The van der Waals surface area contributed by atoms with Crippen molar-refractivity contribution in [3.63, 3.8) is 0 Å². The molecule has 22 heavy (non-hydrogen) atoms. The highest BCUT2D eigenvalue weighted by molar-refractivity contribution is 8.00. The number of anilines is 1. The topological polar surface area (TPSA) is 47.6 Å². The molecule has 0 fully saturated rings. The van der Waals surface area contributed by atoms with Crippen LogP contribution in [0.15, 0.2) is 53.4 Å². The summed E-state index contributed by atoms with van der Waals surface area (Å²) in [5.74, 6) is 1.29. The average molecular weight is 317 g/mol. The van der Waals surface area contributed by atoms with Crippen molar-refractivity contribution in [2.24, 2.45) is 0 Å². The highest BCUT2D eigenvalue weighted by atomic mass is 32.2. The Labute approximate surface area is 134 Å². The molecule has 0 aliphatic rings. The molecule has 4 nitrogen and oxygen atoms in total. The van der Waals surface area contributed by atoms with E-state index >= 15 is 0 Å². The summed E-state index contributed by atoms with van der Waals surface area (Å²) in [7, 11) is 3.19. The van der Waals surface area contributed by atoms with Crippen LogP contribution in [-0.4, -0.2) is 25.4 Å². The average Bonchev–Trinajstić information content (AvgIpc) is 2.55. The first-order chi connectivity index (χ1) is 10.6. The van der Waals surface area contributed by atoms with Crippen molar-refractivity contribution >= 4 is 23.4 Å². The van der Waals surface area contributed by atoms with E-state index in [2.05, 4.69) is 5.32 Å². The van der Waals surface area contributed by atoms with E-state index in [1.807, 2.05) is 55.5 Å². The van der Waals surface area contributed by atoms with Crippen LogP contribution in [0.25, 0.3) is 0 Å². The SMILES string of the molecule is COc1ccc(S[C@H](C)C(=O)Nc2ccccc2)cc1OC. The zero-order chi connectivity index (χ0) is 15.9. The molecule has 0 spiro atoms. The number of thioether (sulfide) groups is 1. The van der Waals surface area contributed by atoms with Crippen LogP contribution in [0.5, 0.6) is 11.5 Å². The quantitative estimate of drug-likeness (QED) is 0.823. The van der Waals surface area contributed by atoms with Crippen molar-refractivity contribution in [2.75, 3.05) is 19.5 Å². The Kier molecular flexibility index (Phi) is 5.72. The number of hydrogen-bond donors (Lipinski definition) is 1. The largest absolute Gasteiger partial charge is 0.493 e. The Morgan fingerprint density at radius 1 is 1.05 bits per heavy atom. The number of amides is 1. The van der Waals surface area contributed by atoms with Crippen molar-refractivity contribution in [1.82, 2.24) is 0 Å². The molecule has 1 amide bonds. The predicted octanol–water partition coefficient (Wildman–Crippen LogP) is 3.82. The van der Waals surface area contributed by atoms with Crippen LogP contribution in [0.1, 0.15) is 6.92 Å². The highest BCUT2D eigenvalue weighted by Gasteiger charge is 2.15. The minimum absolute atomic E-state index is 0.0361. The van der Waals surface area contributed by atoms with Gasteiger partial charge in [0.05, 0.1) is 19.5 Å². The van der Waals surface area contributed by atoms with Gasteiger partial charge in [0.25, 0.3) is 0 Å². The lowest BCUT2D eigenvalue weighted by atomic mass is 10.3. The Balaban J connectivity index is 2.02. The van der Waals surface area contributed by atoms with Crippen LogP contribution < -0.4 is 14.8 Å². The number of nitrogens with one attached hydrogen (secondary N) is 1. The summed E-state index contributed by atoms with van der Waals surface area (Å²) in [5, 5.41) is 2.67. The number of benzene rings is 2. The van der Waals surface area contributed by atoms with Gasteiger partial charge >= 0.3 is 0 Å². The van der Waals surface area contributed by atoms with E-state index in [9.17, 15) is 4.79 Å². The van der Waals surface area contributed by atoms with E-state index in [1.165, 1.54) is 11.8 Å². The molecule has 0 aliphatic heterocycles. The molecule has 0 saturated heterocycles. The molecule has 2 rings (SSSR count). The number of carbonyl (C=O) groups excluding carboxylic acids is 1. The molecular weight excluding hydrogens is 298 g/mol. The van der Waals surface area contributed by atoms with Crippen LogP contribution in [-0.2, 0) is 4.79 Å². The summed E-state index contributed by atoms with van der Waals surface area (Å²) < 4.78 is 10.5. The fourth-order valence-electron chi connectivity index (χ4n) is 1.91. The van der Waals surface area contributed by atoms with Gasteiger partial charge in [-0.15, -0.1) is 11.8 Å². The third-order valence-electron chi connectivity index (χ3n) is 3.08. The van der Waals surface area contributed by atoms with Crippen LogP contribution in [0, 0.1) is 0 Å². The van der Waals surface area contributed by atoms with Gasteiger partial charge in [-0.05, 0) is 37.3 Å². The van der Waals surface area contributed by atoms with Gasteiger partial charge in [-0.3, -0.25) is 4.79 Å². The molecule has 0 aliphatic carbocycles. The number of para-hydroxylation sites is 1. The highest BCUT2D eigenvalue weighted by Crippen LogP contribution is 2.33. The lowest BCUT2D eigenvalue weighted by Gasteiger charge is -2.13. The second kappa shape index (κ2) is 7.75. The molecule has 0 saturated carbocycles. The van der Waals surface area contributed by atoms with Crippen LogP contribution in [0.2, 0.25) is 0 Å². The van der Waals surface area contributed by atoms with E-state index in [1.54, 1.807) is 14.2 Å². The summed E-state index contributed by atoms with van der Waals surface area (Å²) >= 11 is 1.47. The summed E-state index contributed by atoms with van der Waals surface area (Å²) in [5.41, 5.74) is 0.798. The maximum Gasteiger partial charge on any atom is 0.237 e. The van der Waals surface area contributed by atoms with Crippen molar-refractivity contribution in [1.29, 1.82) is 0 Å². The van der Waals surface area contributed by atoms with Gasteiger partial charge in [0.2, 0.25) is 5.91 Å². The van der Waals surface area contributed by atoms with E-state index in [0.717, 1.165) is 10.6 Å². The molecule has 0 radical (unpaired) electrons. The maximum atomic E-state index is 12.2. The minimum atomic E-state index is -0.224. The Morgan fingerprint density at radius 2 is 1.73 bits per heavy atom.